The summed E-state index contributed by atoms with van der Waals surface area (Å²) < 4.78 is 13.5. The second kappa shape index (κ2) is 5.50. The molecule has 0 bridgehead atoms. The molecule has 0 fully saturated rings. The Morgan fingerprint density at radius 3 is 2.76 bits per heavy atom. The van der Waals surface area contributed by atoms with Gasteiger partial charge in [-0.3, -0.25) is 9.97 Å². The maximum absolute atomic E-state index is 13.5. The first-order chi connectivity index (χ1) is 8.31. The maximum Gasteiger partial charge on any atom is 0.126 e. The van der Waals surface area contributed by atoms with Gasteiger partial charge >= 0.3 is 0 Å². The Labute approximate surface area is 99.7 Å². The van der Waals surface area contributed by atoms with Crippen LogP contribution >= 0.6 is 0 Å². The van der Waals surface area contributed by atoms with Crippen LogP contribution in [-0.2, 0) is 6.42 Å². The molecule has 0 radical (unpaired) electrons. The van der Waals surface area contributed by atoms with Gasteiger partial charge in [-0.25, -0.2) is 4.39 Å². The molecule has 17 heavy (non-hydrogen) atoms. The molecule has 0 amide bonds. The summed E-state index contributed by atoms with van der Waals surface area (Å²) in [6, 6.07) is 6.76. The van der Waals surface area contributed by atoms with Crippen molar-refractivity contribution in [2.45, 2.75) is 12.5 Å². The van der Waals surface area contributed by atoms with E-state index in [1.165, 1.54) is 6.07 Å². The average molecular weight is 231 g/mol. The van der Waals surface area contributed by atoms with Crippen LogP contribution in [0.1, 0.15) is 17.3 Å². The Kier molecular flexibility index (Phi) is 3.77. The Bertz CT molecular complexity index is 473. The predicted molar refractivity (Wildman–Crippen MR) is 63.9 cm³/mol. The van der Waals surface area contributed by atoms with E-state index < -0.39 is 0 Å². The fourth-order valence-electron chi connectivity index (χ4n) is 1.73. The molecular weight excluding hydrogens is 217 g/mol. The van der Waals surface area contributed by atoms with Crippen molar-refractivity contribution in [2.24, 2.45) is 0 Å². The summed E-state index contributed by atoms with van der Waals surface area (Å²) in [5.41, 5.74) is 1.50. The lowest BCUT2D eigenvalue weighted by Gasteiger charge is -2.15. The molecule has 1 aromatic carbocycles. The van der Waals surface area contributed by atoms with Crippen molar-refractivity contribution in [3.63, 3.8) is 0 Å². The normalized spacial score (nSPS) is 12.4. The minimum Gasteiger partial charge on any atom is -0.311 e. The van der Waals surface area contributed by atoms with Crippen molar-refractivity contribution in [3.8, 4) is 0 Å². The summed E-state index contributed by atoms with van der Waals surface area (Å²) in [6.45, 7) is 0. The molecule has 88 valence electrons. The molecule has 2 aromatic rings. The summed E-state index contributed by atoms with van der Waals surface area (Å²) in [6.07, 6.45) is 5.52. The molecule has 0 aliphatic rings. The number of aromatic nitrogens is 2. The summed E-state index contributed by atoms with van der Waals surface area (Å²) in [4.78, 5) is 8.25. The topological polar surface area (TPSA) is 37.8 Å². The van der Waals surface area contributed by atoms with Gasteiger partial charge in [-0.05, 0) is 25.1 Å². The van der Waals surface area contributed by atoms with Gasteiger partial charge in [0.1, 0.15) is 5.82 Å². The zero-order valence-corrected chi connectivity index (χ0v) is 9.60. The van der Waals surface area contributed by atoms with E-state index in [1.54, 1.807) is 30.7 Å². The standard InChI is InChI=1S/C13H14FN3/c1-15-12(13-9-16-6-7-17-13)8-10-4-2-3-5-11(10)14/h2-7,9,12,15H,8H2,1H3. The number of hydrogen-bond acceptors (Lipinski definition) is 3. The summed E-state index contributed by atoms with van der Waals surface area (Å²) >= 11 is 0. The Hall–Kier alpha value is -1.81. The highest BCUT2D eigenvalue weighted by atomic mass is 19.1. The number of likely N-dealkylation sites (N-methyl/N-ethyl adjacent to an activating group) is 1. The van der Waals surface area contributed by atoms with E-state index in [0.717, 1.165) is 5.69 Å². The number of hydrogen-bond donors (Lipinski definition) is 1. The molecule has 1 aromatic heterocycles. The maximum atomic E-state index is 13.5. The van der Waals surface area contributed by atoms with Gasteiger partial charge in [0.15, 0.2) is 0 Å². The van der Waals surface area contributed by atoms with E-state index >= 15 is 0 Å². The lowest BCUT2D eigenvalue weighted by atomic mass is 10.0. The van der Waals surface area contributed by atoms with Crippen LogP contribution in [0.3, 0.4) is 0 Å². The third-order valence-corrected chi connectivity index (χ3v) is 2.67. The van der Waals surface area contributed by atoms with Crippen molar-refractivity contribution >= 4 is 0 Å². The fourth-order valence-corrected chi connectivity index (χ4v) is 1.73. The Balaban J connectivity index is 2.19. The van der Waals surface area contributed by atoms with Crippen molar-refractivity contribution < 1.29 is 4.39 Å². The average Bonchev–Trinajstić information content (AvgIpc) is 2.39. The zero-order valence-electron chi connectivity index (χ0n) is 9.60. The molecule has 3 nitrogen and oxygen atoms in total. The Morgan fingerprint density at radius 2 is 2.12 bits per heavy atom. The van der Waals surface area contributed by atoms with Gasteiger partial charge in [0, 0.05) is 18.6 Å². The first-order valence-electron chi connectivity index (χ1n) is 5.48. The fraction of sp³-hybridized carbons (Fsp3) is 0.231. The molecule has 4 heteroatoms. The van der Waals surface area contributed by atoms with Crippen molar-refractivity contribution in [1.29, 1.82) is 0 Å². The number of nitrogens with zero attached hydrogens (tertiary/aromatic N) is 2. The quantitative estimate of drug-likeness (QED) is 0.875. The van der Waals surface area contributed by atoms with Gasteiger partial charge in [-0.2, -0.15) is 0 Å². The highest BCUT2D eigenvalue weighted by Gasteiger charge is 2.13. The molecule has 1 unspecified atom stereocenters. The monoisotopic (exact) mass is 231 g/mol. The third-order valence-electron chi connectivity index (χ3n) is 2.67. The predicted octanol–water partition coefficient (Wildman–Crippen LogP) is 2.12. The summed E-state index contributed by atoms with van der Waals surface area (Å²) in [5.74, 6) is -0.184. The minimum atomic E-state index is -0.184. The third kappa shape index (κ3) is 2.85. The van der Waals surface area contributed by atoms with E-state index in [1.807, 2.05) is 13.1 Å². The number of halogens is 1. The van der Waals surface area contributed by atoms with E-state index in [4.69, 9.17) is 0 Å². The van der Waals surface area contributed by atoms with Crippen molar-refractivity contribution in [1.82, 2.24) is 15.3 Å². The molecule has 1 atom stereocenters. The molecule has 0 saturated heterocycles. The van der Waals surface area contributed by atoms with Crippen LogP contribution < -0.4 is 5.32 Å². The van der Waals surface area contributed by atoms with E-state index in [2.05, 4.69) is 15.3 Å². The molecule has 2 rings (SSSR count). The lowest BCUT2D eigenvalue weighted by Crippen LogP contribution is -2.20. The smallest absolute Gasteiger partial charge is 0.126 e. The van der Waals surface area contributed by atoms with E-state index in [0.29, 0.717) is 12.0 Å². The SMILES string of the molecule is CNC(Cc1ccccc1F)c1cnccn1. The van der Waals surface area contributed by atoms with Gasteiger partial charge in [-0.1, -0.05) is 18.2 Å². The van der Waals surface area contributed by atoms with Crippen LogP contribution in [0.2, 0.25) is 0 Å². The van der Waals surface area contributed by atoms with Gasteiger partial charge < -0.3 is 5.32 Å². The highest BCUT2D eigenvalue weighted by Crippen LogP contribution is 2.17. The molecule has 1 heterocycles. The zero-order chi connectivity index (χ0) is 12.1. The van der Waals surface area contributed by atoms with Crippen LogP contribution in [-0.4, -0.2) is 17.0 Å². The minimum absolute atomic E-state index is 0.0272. The number of nitrogens with one attached hydrogen (secondary N) is 1. The first kappa shape index (κ1) is 11.7. The van der Waals surface area contributed by atoms with Crippen molar-refractivity contribution in [3.05, 3.63) is 59.9 Å². The van der Waals surface area contributed by atoms with E-state index in [-0.39, 0.29) is 11.9 Å². The number of rotatable bonds is 4. The van der Waals surface area contributed by atoms with Crippen LogP contribution in [0.4, 0.5) is 4.39 Å². The van der Waals surface area contributed by atoms with Crippen LogP contribution in [0.15, 0.2) is 42.9 Å². The molecule has 0 spiro atoms. The highest BCUT2D eigenvalue weighted by molar-refractivity contribution is 5.20. The first-order valence-corrected chi connectivity index (χ1v) is 5.48. The summed E-state index contributed by atoms with van der Waals surface area (Å²) in [5, 5.41) is 3.12. The second-order valence-electron chi connectivity index (χ2n) is 3.77. The Morgan fingerprint density at radius 1 is 1.29 bits per heavy atom. The van der Waals surface area contributed by atoms with E-state index in [9.17, 15) is 4.39 Å². The van der Waals surface area contributed by atoms with Crippen LogP contribution in [0, 0.1) is 5.82 Å². The summed E-state index contributed by atoms with van der Waals surface area (Å²) in [7, 11) is 1.83. The van der Waals surface area contributed by atoms with Gasteiger partial charge in [0.05, 0.1) is 11.7 Å². The largest absolute Gasteiger partial charge is 0.311 e. The molecule has 0 aliphatic heterocycles. The van der Waals surface area contributed by atoms with Crippen molar-refractivity contribution in [2.75, 3.05) is 7.05 Å². The van der Waals surface area contributed by atoms with Gasteiger partial charge in [-0.15, -0.1) is 0 Å². The van der Waals surface area contributed by atoms with Gasteiger partial charge in [0.25, 0.3) is 0 Å². The molecule has 0 aliphatic carbocycles. The van der Waals surface area contributed by atoms with Gasteiger partial charge in [0.2, 0.25) is 0 Å². The lowest BCUT2D eigenvalue weighted by molar-refractivity contribution is 0.543. The second-order valence-corrected chi connectivity index (χ2v) is 3.77. The van der Waals surface area contributed by atoms with Crippen LogP contribution in [0.5, 0.6) is 0 Å². The molecule has 0 saturated carbocycles. The molecular formula is C13H14FN3. The number of benzene rings is 1. The van der Waals surface area contributed by atoms with Crippen LogP contribution in [0.25, 0.3) is 0 Å². The molecule has 1 N–H and O–H groups in total.